The Hall–Kier alpha value is -2.03. The Kier molecular flexibility index (Phi) is 2.54. The molecule has 0 aliphatic heterocycles. The maximum atomic E-state index is 5.68. The van der Waals surface area contributed by atoms with Crippen LogP contribution in [0.4, 0.5) is 5.69 Å². The van der Waals surface area contributed by atoms with Gasteiger partial charge >= 0.3 is 0 Å². The van der Waals surface area contributed by atoms with E-state index in [1.165, 1.54) is 0 Å². The van der Waals surface area contributed by atoms with Crippen LogP contribution in [0, 0.1) is 6.92 Å². The van der Waals surface area contributed by atoms with Gasteiger partial charge < -0.3 is 10.5 Å². The summed E-state index contributed by atoms with van der Waals surface area (Å²) in [7, 11) is 0. The summed E-state index contributed by atoms with van der Waals surface area (Å²) in [5.41, 5.74) is 7.40. The van der Waals surface area contributed by atoms with Crippen LogP contribution in [0.25, 0.3) is 0 Å². The predicted octanol–water partition coefficient (Wildman–Crippen LogP) is 2.76. The van der Waals surface area contributed by atoms with E-state index in [9.17, 15) is 0 Å². The number of pyridine rings is 1. The van der Waals surface area contributed by atoms with Gasteiger partial charge in [-0.25, -0.2) is 4.98 Å². The largest absolute Gasteiger partial charge is 0.439 e. The number of benzene rings is 1. The predicted molar refractivity (Wildman–Crippen MR) is 59.9 cm³/mol. The lowest BCUT2D eigenvalue weighted by atomic mass is 10.2. The van der Waals surface area contributed by atoms with E-state index in [4.69, 9.17) is 10.5 Å². The van der Waals surface area contributed by atoms with Crippen molar-refractivity contribution >= 4 is 5.69 Å². The van der Waals surface area contributed by atoms with Crippen molar-refractivity contribution in [3.63, 3.8) is 0 Å². The molecule has 2 aromatic rings. The fraction of sp³-hybridized carbons (Fsp3) is 0.0833. The van der Waals surface area contributed by atoms with Gasteiger partial charge in [0.15, 0.2) is 0 Å². The summed E-state index contributed by atoms with van der Waals surface area (Å²) < 4.78 is 5.60. The van der Waals surface area contributed by atoms with Gasteiger partial charge in [0.25, 0.3) is 0 Å². The third-order valence-electron chi connectivity index (χ3n) is 2.06. The van der Waals surface area contributed by atoms with E-state index in [0.29, 0.717) is 11.6 Å². The molecule has 0 aliphatic carbocycles. The molecule has 0 saturated heterocycles. The van der Waals surface area contributed by atoms with E-state index in [1.807, 2.05) is 37.3 Å². The van der Waals surface area contributed by atoms with Crippen molar-refractivity contribution in [1.29, 1.82) is 0 Å². The lowest BCUT2D eigenvalue weighted by Crippen LogP contribution is -1.92. The topological polar surface area (TPSA) is 48.1 Å². The van der Waals surface area contributed by atoms with Crippen molar-refractivity contribution in [3.8, 4) is 11.6 Å². The number of aromatic nitrogens is 1. The van der Waals surface area contributed by atoms with Crippen LogP contribution >= 0.6 is 0 Å². The Labute approximate surface area is 88.5 Å². The minimum absolute atomic E-state index is 0.575. The van der Waals surface area contributed by atoms with Crippen LogP contribution in [0.2, 0.25) is 0 Å². The zero-order chi connectivity index (χ0) is 10.7. The lowest BCUT2D eigenvalue weighted by molar-refractivity contribution is 0.460. The van der Waals surface area contributed by atoms with Gasteiger partial charge in [-0.1, -0.05) is 12.1 Å². The first-order valence-electron chi connectivity index (χ1n) is 4.71. The van der Waals surface area contributed by atoms with Gasteiger partial charge in [-0.15, -0.1) is 0 Å². The van der Waals surface area contributed by atoms with E-state index in [0.717, 1.165) is 11.3 Å². The van der Waals surface area contributed by atoms with Crippen LogP contribution in [-0.4, -0.2) is 4.98 Å². The molecular formula is C12H12N2O. The maximum Gasteiger partial charge on any atom is 0.219 e. The smallest absolute Gasteiger partial charge is 0.219 e. The van der Waals surface area contributed by atoms with E-state index < -0.39 is 0 Å². The first kappa shape index (κ1) is 9.52. The first-order valence-corrected chi connectivity index (χ1v) is 4.71. The molecule has 0 amide bonds. The van der Waals surface area contributed by atoms with Crippen LogP contribution in [0.1, 0.15) is 5.56 Å². The Bertz CT molecular complexity index is 454. The number of hydrogen-bond acceptors (Lipinski definition) is 3. The number of nitrogens with zero attached hydrogens (tertiary/aromatic N) is 1. The normalized spacial score (nSPS) is 9.93. The van der Waals surface area contributed by atoms with Crippen molar-refractivity contribution in [2.75, 3.05) is 5.73 Å². The summed E-state index contributed by atoms with van der Waals surface area (Å²) in [6, 6.07) is 11.1. The molecule has 0 aliphatic rings. The number of nitrogen functional groups attached to an aromatic ring is 1. The van der Waals surface area contributed by atoms with Crippen LogP contribution in [0.3, 0.4) is 0 Å². The molecular weight excluding hydrogens is 188 g/mol. The molecule has 0 radical (unpaired) electrons. The molecule has 0 bridgehead atoms. The Morgan fingerprint density at radius 1 is 1.20 bits per heavy atom. The highest BCUT2D eigenvalue weighted by Crippen LogP contribution is 2.25. The summed E-state index contributed by atoms with van der Waals surface area (Å²) in [6.45, 7) is 1.97. The van der Waals surface area contributed by atoms with Crippen molar-refractivity contribution < 1.29 is 4.74 Å². The molecule has 3 nitrogen and oxygen atoms in total. The number of nitrogens with two attached hydrogens (primary N) is 1. The number of aryl methyl sites for hydroxylation is 1. The molecule has 15 heavy (non-hydrogen) atoms. The molecule has 0 unspecified atom stereocenters. The molecule has 0 fully saturated rings. The van der Waals surface area contributed by atoms with Crippen molar-refractivity contribution in [1.82, 2.24) is 4.98 Å². The summed E-state index contributed by atoms with van der Waals surface area (Å²) >= 11 is 0. The van der Waals surface area contributed by atoms with Crippen LogP contribution in [-0.2, 0) is 0 Å². The fourth-order valence-electron chi connectivity index (χ4n) is 1.25. The van der Waals surface area contributed by atoms with Gasteiger partial charge in [0.1, 0.15) is 5.75 Å². The Balaban J connectivity index is 2.28. The molecule has 2 N–H and O–H groups in total. The second-order valence-corrected chi connectivity index (χ2v) is 3.29. The molecule has 0 atom stereocenters. The minimum Gasteiger partial charge on any atom is -0.439 e. The second kappa shape index (κ2) is 4.00. The second-order valence-electron chi connectivity index (χ2n) is 3.29. The average molecular weight is 200 g/mol. The molecule has 0 spiro atoms. The third kappa shape index (κ3) is 2.26. The van der Waals surface area contributed by atoms with Gasteiger partial charge in [-0.3, -0.25) is 0 Å². The molecule has 1 aromatic heterocycles. The molecule has 3 heteroatoms. The summed E-state index contributed by atoms with van der Waals surface area (Å²) in [6.07, 6.45) is 1.69. The van der Waals surface area contributed by atoms with Gasteiger partial charge in [-0.2, -0.15) is 0 Å². The number of ether oxygens (including phenoxy) is 1. The third-order valence-corrected chi connectivity index (χ3v) is 2.06. The van der Waals surface area contributed by atoms with Gasteiger partial charge in [-0.05, 0) is 24.6 Å². The quantitative estimate of drug-likeness (QED) is 0.758. The zero-order valence-electron chi connectivity index (χ0n) is 8.47. The van der Waals surface area contributed by atoms with Crippen LogP contribution in [0.5, 0.6) is 11.6 Å². The van der Waals surface area contributed by atoms with Gasteiger partial charge in [0.05, 0.1) is 0 Å². The average Bonchev–Trinajstić information content (AvgIpc) is 2.25. The van der Waals surface area contributed by atoms with E-state index >= 15 is 0 Å². The summed E-state index contributed by atoms with van der Waals surface area (Å²) in [5, 5.41) is 0. The number of rotatable bonds is 2. The van der Waals surface area contributed by atoms with E-state index in [1.54, 1.807) is 12.3 Å². The highest BCUT2D eigenvalue weighted by Gasteiger charge is 2.01. The molecule has 76 valence electrons. The van der Waals surface area contributed by atoms with Crippen LogP contribution < -0.4 is 10.5 Å². The van der Waals surface area contributed by atoms with Crippen molar-refractivity contribution in [3.05, 3.63) is 48.2 Å². The lowest BCUT2D eigenvalue weighted by Gasteiger charge is -2.07. The van der Waals surface area contributed by atoms with E-state index in [-0.39, 0.29) is 0 Å². The molecule has 2 rings (SSSR count). The molecule has 0 saturated carbocycles. The molecule has 1 heterocycles. The SMILES string of the molecule is Cc1ccc(N)cc1Oc1ccccn1. The van der Waals surface area contributed by atoms with Crippen LogP contribution in [0.15, 0.2) is 42.6 Å². The summed E-state index contributed by atoms with van der Waals surface area (Å²) in [5.74, 6) is 1.32. The number of anilines is 1. The van der Waals surface area contributed by atoms with Crippen molar-refractivity contribution in [2.24, 2.45) is 0 Å². The first-order chi connectivity index (χ1) is 7.25. The Morgan fingerprint density at radius 2 is 2.07 bits per heavy atom. The maximum absolute atomic E-state index is 5.68. The zero-order valence-corrected chi connectivity index (χ0v) is 8.47. The van der Waals surface area contributed by atoms with Gasteiger partial charge in [0, 0.05) is 24.0 Å². The molecule has 1 aromatic carbocycles. The minimum atomic E-state index is 0.575. The monoisotopic (exact) mass is 200 g/mol. The highest BCUT2D eigenvalue weighted by atomic mass is 16.5. The van der Waals surface area contributed by atoms with Crippen molar-refractivity contribution in [2.45, 2.75) is 6.92 Å². The summed E-state index contributed by atoms with van der Waals surface area (Å²) in [4.78, 5) is 4.08. The highest BCUT2D eigenvalue weighted by molar-refractivity contribution is 5.48. The Morgan fingerprint density at radius 3 is 2.80 bits per heavy atom. The fourth-order valence-corrected chi connectivity index (χ4v) is 1.25. The van der Waals surface area contributed by atoms with E-state index in [2.05, 4.69) is 4.98 Å². The standard InChI is InChI=1S/C12H12N2O/c1-9-5-6-10(13)8-11(9)15-12-4-2-3-7-14-12/h2-8H,13H2,1H3. The number of hydrogen-bond donors (Lipinski definition) is 1. The van der Waals surface area contributed by atoms with Gasteiger partial charge in [0.2, 0.25) is 5.88 Å².